The average Bonchev–Trinajstić information content (AvgIpc) is 2.28. The van der Waals surface area contributed by atoms with Crippen molar-refractivity contribution >= 4 is 33.5 Å². The number of hydrogen-bond donors (Lipinski definition) is 2. The van der Waals surface area contributed by atoms with Gasteiger partial charge in [0.25, 0.3) is 0 Å². The molecule has 98 valence electrons. The van der Waals surface area contributed by atoms with Gasteiger partial charge in [-0.25, -0.2) is 0 Å². The first-order valence-corrected chi connectivity index (χ1v) is 6.09. The van der Waals surface area contributed by atoms with Gasteiger partial charge in [-0.1, -0.05) is 6.92 Å². The second kappa shape index (κ2) is 6.39. The van der Waals surface area contributed by atoms with E-state index in [9.17, 15) is 9.59 Å². The Labute approximate surface area is 113 Å². The Balaban J connectivity index is 2.70. The molecule has 0 aliphatic carbocycles. The lowest BCUT2D eigenvalue weighted by atomic mass is 10.1. The van der Waals surface area contributed by atoms with E-state index < -0.39 is 11.9 Å². The van der Waals surface area contributed by atoms with Gasteiger partial charge in [0.15, 0.2) is 0 Å². The Hall–Kier alpha value is -1.56. The summed E-state index contributed by atoms with van der Waals surface area (Å²) in [7, 11) is 1.55. The van der Waals surface area contributed by atoms with Gasteiger partial charge in [0.05, 0.1) is 18.0 Å². The second-order valence-electron chi connectivity index (χ2n) is 3.84. The fourth-order valence-corrected chi connectivity index (χ4v) is 1.90. The maximum Gasteiger partial charge on any atom is 0.304 e. The second-order valence-corrected chi connectivity index (χ2v) is 4.69. The van der Waals surface area contributed by atoms with Crippen LogP contribution < -0.4 is 10.1 Å². The highest BCUT2D eigenvalue weighted by molar-refractivity contribution is 9.10. The van der Waals surface area contributed by atoms with Crippen molar-refractivity contribution in [3.8, 4) is 5.75 Å². The van der Waals surface area contributed by atoms with Gasteiger partial charge in [0, 0.05) is 11.6 Å². The number of carboxylic acids is 1. The van der Waals surface area contributed by atoms with Crippen molar-refractivity contribution in [2.75, 3.05) is 12.4 Å². The standard InChI is InChI=1S/C12H14BrNO4/c1-7(5-11(15)16)12(17)14-8-3-4-10(18-2)9(13)6-8/h3-4,6-7H,5H2,1-2H3,(H,14,17)(H,15,16). The van der Waals surface area contributed by atoms with E-state index in [2.05, 4.69) is 21.2 Å². The molecular weight excluding hydrogens is 302 g/mol. The van der Waals surface area contributed by atoms with Crippen molar-refractivity contribution in [2.24, 2.45) is 5.92 Å². The number of aliphatic carboxylic acids is 1. The number of carboxylic acid groups (broad SMARTS) is 1. The van der Waals surface area contributed by atoms with Crippen molar-refractivity contribution in [3.63, 3.8) is 0 Å². The van der Waals surface area contributed by atoms with E-state index in [1.807, 2.05) is 0 Å². The van der Waals surface area contributed by atoms with E-state index >= 15 is 0 Å². The lowest BCUT2D eigenvalue weighted by molar-refractivity contribution is -0.139. The predicted molar refractivity (Wildman–Crippen MR) is 70.7 cm³/mol. The minimum Gasteiger partial charge on any atom is -0.496 e. The summed E-state index contributed by atoms with van der Waals surface area (Å²) in [4.78, 5) is 22.2. The van der Waals surface area contributed by atoms with Crippen LogP contribution in [0.2, 0.25) is 0 Å². The van der Waals surface area contributed by atoms with Gasteiger partial charge < -0.3 is 15.2 Å². The molecular formula is C12H14BrNO4. The molecule has 1 aromatic carbocycles. The largest absolute Gasteiger partial charge is 0.496 e. The van der Waals surface area contributed by atoms with Crippen LogP contribution in [-0.4, -0.2) is 24.1 Å². The minimum atomic E-state index is -0.992. The Kier molecular flexibility index (Phi) is 5.15. The first-order chi connectivity index (χ1) is 8.43. The van der Waals surface area contributed by atoms with Crippen LogP contribution in [0.4, 0.5) is 5.69 Å². The fraction of sp³-hybridized carbons (Fsp3) is 0.333. The molecule has 0 aliphatic heterocycles. The number of anilines is 1. The van der Waals surface area contributed by atoms with Crippen LogP contribution in [-0.2, 0) is 9.59 Å². The molecule has 0 aromatic heterocycles. The molecule has 6 heteroatoms. The molecule has 1 atom stereocenters. The molecule has 0 heterocycles. The Morgan fingerprint density at radius 3 is 2.67 bits per heavy atom. The molecule has 1 amide bonds. The van der Waals surface area contributed by atoms with E-state index in [0.717, 1.165) is 0 Å². The monoisotopic (exact) mass is 315 g/mol. The number of methoxy groups -OCH3 is 1. The van der Waals surface area contributed by atoms with Crippen molar-refractivity contribution < 1.29 is 19.4 Å². The molecule has 1 aromatic rings. The third kappa shape index (κ3) is 4.03. The van der Waals surface area contributed by atoms with Crippen LogP contribution in [0.1, 0.15) is 13.3 Å². The number of carbonyl (C=O) groups excluding carboxylic acids is 1. The number of amides is 1. The number of halogens is 1. The SMILES string of the molecule is COc1ccc(NC(=O)C(C)CC(=O)O)cc1Br. The molecule has 0 spiro atoms. The minimum absolute atomic E-state index is 0.191. The zero-order valence-electron chi connectivity index (χ0n) is 10.1. The average molecular weight is 316 g/mol. The first kappa shape index (κ1) is 14.5. The van der Waals surface area contributed by atoms with Crippen molar-refractivity contribution in [3.05, 3.63) is 22.7 Å². The van der Waals surface area contributed by atoms with E-state index in [0.29, 0.717) is 15.9 Å². The molecule has 0 fully saturated rings. The quantitative estimate of drug-likeness (QED) is 0.875. The van der Waals surface area contributed by atoms with Crippen LogP contribution in [0.3, 0.4) is 0 Å². The number of ether oxygens (including phenoxy) is 1. The number of nitrogens with one attached hydrogen (secondary N) is 1. The van der Waals surface area contributed by atoms with Gasteiger partial charge in [0.1, 0.15) is 5.75 Å². The summed E-state index contributed by atoms with van der Waals surface area (Å²) in [5.41, 5.74) is 0.588. The van der Waals surface area contributed by atoms with Gasteiger partial charge in [-0.3, -0.25) is 9.59 Å². The summed E-state index contributed by atoms with van der Waals surface area (Å²) < 4.78 is 5.78. The van der Waals surface area contributed by atoms with Crippen LogP contribution in [0, 0.1) is 5.92 Å². The summed E-state index contributed by atoms with van der Waals surface area (Å²) in [6.45, 7) is 1.57. The summed E-state index contributed by atoms with van der Waals surface area (Å²) in [6.07, 6.45) is -0.191. The third-order valence-electron chi connectivity index (χ3n) is 2.35. The molecule has 0 aliphatic rings. The van der Waals surface area contributed by atoms with Gasteiger partial charge in [-0.05, 0) is 34.1 Å². The molecule has 0 saturated carbocycles. The zero-order chi connectivity index (χ0) is 13.7. The predicted octanol–water partition coefficient (Wildman–Crippen LogP) is 2.51. The molecule has 18 heavy (non-hydrogen) atoms. The molecule has 0 radical (unpaired) electrons. The zero-order valence-corrected chi connectivity index (χ0v) is 11.7. The molecule has 0 bridgehead atoms. The lowest BCUT2D eigenvalue weighted by Crippen LogP contribution is -2.22. The Bertz CT molecular complexity index is 461. The maximum atomic E-state index is 11.7. The Morgan fingerprint density at radius 1 is 1.50 bits per heavy atom. The summed E-state index contributed by atoms with van der Waals surface area (Å²) in [5.74, 6) is -1.24. The van der Waals surface area contributed by atoms with Crippen LogP contribution in [0.5, 0.6) is 5.75 Å². The number of carbonyl (C=O) groups is 2. The summed E-state index contributed by atoms with van der Waals surface area (Å²) in [5, 5.41) is 11.3. The molecule has 5 nitrogen and oxygen atoms in total. The first-order valence-electron chi connectivity index (χ1n) is 5.30. The van der Waals surface area contributed by atoms with Gasteiger partial charge in [-0.2, -0.15) is 0 Å². The highest BCUT2D eigenvalue weighted by atomic mass is 79.9. The third-order valence-corrected chi connectivity index (χ3v) is 2.97. The van der Waals surface area contributed by atoms with Crippen LogP contribution in [0.15, 0.2) is 22.7 Å². The molecule has 2 N–H and O–H groups in total. The highest BCUT2D eigenvalue weighted by Gasteiger charge is 2.16. The van der Waals surface area contributed by atoms with E-state index in [1.165, 1.54) is 0 Å². The van der Waals surface area contributed by atoms with Crippen molar-refractivity contribution in [2.45, 2.75) is 13.3 Å². The van der Waals surface area contributed by atoms with Crippen LogP contribution in [0.25, 0.3) is 0 Å². The van der Waals surface area contributed by atoms with E-state index in [-0.39, 0.29) is 12.3 Å². The van der Waals surface area contributed by atoms with Gasteiger partial charge in [-0.15, -0.1) is 0 Å². The summed E-state index contributed by atoms with van der Waals surface area (Å²) >= 11 is 3.30. The van der Waals surface area contributed by atoms with Gasteiger partial charge in [0.2, 0.25) is 5.91 Å². The fourth-order valence-electron chi connectivity index (χ4n) is 1.36. The normalized spacial score (nSPS) is 11.7. The van der Waals surface area contributed by atoms with E-state index in [1.54, 1.807) is 32.2 Å². The smallest absolute Gasteiger partial charge is 0.304 e. The molecule has 1 unspecified atom stereocenters. The highest BCUT2D eigenvalue weighted by Crippen LogP contribution is 2.27. The van der Waals surface area contributed by atoms with E-state index in [4.69, 9.17) is 9.84 Å². The maximum absolute atomic E-state index is 11.7. The molecule has 0 saturated heterocycles. The Morgan fingerprint density at radius 2 is 2.17 bits per heavy atom. The molecule has 1 rings (SSSR count). The number of rotatable bonds is 5. The number of benzene rings is 1. The topological polar surface area (TPSA) is 75.6 Å². The lowest BCUT2D eigenvalue weighted by Gasteiger charge is -2.11. The summed E-state index contributed by atoms with van der Waals surface area (Å²) in [6, 6.07) is 5.10. The van der Waals surface area contributed by atoms with Crippen LogP contribution >= 0.6 is 15.9 Å². The van der Waals surface area contributed by atoms with Gasteiger partial charge >= 0.3 is 5.97 Å². The van der Waals surface area contributed by atoms with Crippen molar-refractivity contribution in [1.82, 2.24) is 0 Å². The number of hydrogen-bond acceptors (Lipinski definition) is 3. The van der Waals surface area contributed by atoms with Crippen molar-refractivity contribution in [1.29, 1.82) is 0 Å².